The fourth-order valence-electron chi connectivity index (χ4n) is 2.45. The van der Waals surface area contributed by atoms with Gasteiger partial charge in [-0.3, -0.25) is 9.59 Å². The number of fused-ring (bicyclic) bond motifs is 1. The number of carbonyl (C=O) groups is 2. The van der Waals surface area contributed by atoms with Crippen molar-refractivity contribution in [1.29, 1.82) is 0 Å². The third-order valence-electron chi connectivity index (χ3n) is 3.68. The standard InChI is InChI=1S/C16H21NO4/c1-12-11-21-14-7-3-2-6-13(14)10-17(12)15(18)8-4-5-9-16(19)20/h2-3,6-7,12H,4-5,8-11H2,1H3,(H,19,20). The summed E-state index contributed by atoms with van der Waals surface area (Å²) in [5, 5.41) is 8.60. The number of amides is 1. The Morgan fingerprint density at radius 2 is 2.00 bits per heavy atom. The van der Waals surface area contributed by atoms with E-state index in [1.54, 1.807) is 0 Å². The summed E-state index contributed by atoms with van der Waals surface area (Å²) in [6, 6.07) is 7.77. The van der Waals surface area contributed by atoms with Crippen LogP contribution in [0, 0.1) is 0 Å². The van der Waals surface area contributed by atoms with Gasteiger partial charge in [-0.25, -0.2) is 0 Å². The minimum atomic E-state index is -0.812. The number of carboxylic acids is 1. The summed E-state index contributed by atoms with van der Waals surface area (Å²) in [4.78, 5) is 24.6. The van der Waals surface area contributed by atoms with Crippen molar-refractivity contribution in [3.05, 3.63) is 29.8 Å². The molecule has 0 saturated carbocycles. The number of nitrogens with zero attached hydrogens (tertiary/aromatic N) is 1. The largest absolute Gasteiger partial charge is 0.491 e. The van der Waals surface area contributed by atoms with E-state index < -0.39 is 5.97 Å². The van der Waals surface area contributed by atoms with Crippen LogP contribution in [0.4, 0.5) is 0 Å². The number of hydrogen-bond acceptors (Lipinski definition) is 3. The van der Waals surface area contributed by atoms with E-state index in [1.165, 1.54) is 0 Å². The molecule has 0 saturated heterocycles. The third-order valence-corrected chi connectivity index (χ3v) is 3.68. The van der Waals surface area contributed by atoms with Crippen LogP contribution in [0.3, 0.4) is 0 Å². The average Bonchev–Trinajstić information content (AvgIpc) is 2.63. The summed E-state index contributed by atoms with van der Waals surface area (Å²) in [6.07, 6.45) is 1.65. The third kappa shape index (κ3) is 4.21. The van der Waals surface area contributed by atoms with Crippen molar-refractivity contribution < 1.29 is 19.4 Å². The van der Waals surface area contributed by atoms with Crippen molar-refractivity contribution in [3.63, 3.8) is 0 Å². The fraction of sp³-hybridized carbons (Fsp3) is 0.500. The molecule has 0 radical (unpaired) electrons. The van der Waals surface area contributed by atoms with Crippen molar-refractivity contribution in [1.82, 2.24) is 4.90 Å². The van der Waals surface area contributed by atoms with Crippen LogP contribution >= 0.6 is 0 Å². The van der Waals surface area contributed by atoms with Crippen molar-refractivity contribution >= 4 is 11.9 Å². The van der Waals surface area contributed by atoms with Crippen molar-refractivity contribution in [3.8, 4) is 5.75 Å². The van der Waals surface area contributed by atoms with E-state index in [0.29, 0.717) is 32.4 Å². The molecular formula is C16H21NO4. The molecule has 1 aliphatic heterocycles. The normalized spacial score (nSPS) is 17.6. The maximum Gasteiger partial charge on any atom is 0.303 e. The highest BCUT2D eigenvalue weighted by Crippen LogP contribution is 2.25. The van der Waals surface area contributed by atoms with Gasteiger partial charge in [-0.1, -0.05) is 18.2 Å². The molecule has 1 N–H and O–H groups in total. The molecule has 0 fully saturated rings. The lowest BCUT2D eigenvalue weighted by molar-refractivity contribution is -0.138. The van der Waals surface area contributed by atoms with Crippen LogP contribution in [-0.2, 0) is 16.1 Å². The Morgan fingerprint density at radius 1 is 1.29 bits per heavy atom. The van der Waals surface area contributed by atoms with Crippen LogP contribution in [0.1, 0.15) is 38.2 Å². The van der Waals surface area contributed by atoms with Gasteiger partial charge in [0.05, 0.1) is 6.04 Å². The van der Waals surface area contributed by atoms with Crippen LogP contribution in [0.5, 0.6) is 5.75 Å². The highest BCUT2D eigenvalue weighted by atomic mass is 16.5. The molecule has 114 valence electrons. The SMILES string of the molecule is CC1COc2ccccc2CN1C(=O)CCCCC(=O)O. The van der Waals surface area contributed by atoms with E-state index in [4.69, 9.17) is 9.84 Å². The van der Waals surface area contributed by atoms with Crippen LogP contribution < -0.4 is 4.74 Å². The molecular weight excluding hydrogens is 270 g/mol. The molecule has 0 aromatic heterocycles. The van der Waals surface area contributed by atoms with Gasteiger partial charge in [0, 0.05) is 24.9 Å². The molecule has 5 heteroatoms. The zero-order valence-corrected chi connectivity index (χ0v) is 12.2. The van der Waals surface area contributed by atoms with Crippen molar-refractivity contribution in [2.24, 2.45) is 0 Å². The van der Waals surface area contributed by atoms with Gasteiger partial charge in [-0.05, 0) is 25.8 Å². The minimum Gasteiger partial charge on any atom is -0.491 e. The maximum atomic E-state index is 12.3. The van der Waals surface area contributed by atoms with Gasteiger partial charge in [0.15, 0.2) is 0 Å². The second-order valence-corrected chi connectivity index (χ2v) is 5.39. The van der Waals surface area contributed by atoms with Gasteiger partial charge < -0.3 is 14.7 Å². The number of hydrogen-bond donors (Lipinski definition) is 1. The first-order valence-electron chi connectivity index (χ1n) is 7.30. The number of carboxylic acid groups (broad SMARTS) is 1. The monoisotopic (exact) mass is 291 g/mol. The number of benzene rings is 1. The predicted molar refractivity (Wildman–Crippen MR) is 78.1 cm³/mol. The van der Waals surface area contributed by atoms with E-state index in [9.17, 15) is 9.59 Å². The smallest absolute Gasteiger partial charge is 0.303 e. The van der Waals surface area contributed by atoms with Gasteiger partial charge in [0.2, 0.25) is 5.91 Å². The summed E-state index contributed by atoms with van der Waals surface area (Å²) >= 11 is 0. The Hall–Kier alpha value is -2.04. The summed E-state index contributed by atoms with van der Waals surface area (Å²) in [5.74, 6) is 0.0895. The molecule has 0 spiro atoms. The summed E-state index contributed by atoms with van der Waals surface area (Å²) in [7, 11) is 0. The minimum absolute atomic E-state index is 0.0179. The second-order valence-electron chi connectivity index (χ2n) is 5.39. The second kappa shape index (κ2) is 7.11. The first-order chi connectivity index (χ1) is 10.1. The molecule has 1 aromatic rings. The molecule has 1 aliphatic rings. The number of aliphatic carboxylic acids is 1. The molecule has 1 heterocycles. The summed E-state index contributed by atoms with van der Waals surface area (Å²) < 4.78 is 5.73. The highest BCUT2D eigenvalue weighted by molar-refractivity contribution is 5.76. The number of para-hydroxylation sites is 1. The molecule has 1 unspecified atom stereocenters. The zero-order chi connectivity index (χ0) is 15.2. The molecule has 5 nitrogen and oxygen atoms in total. The quantitative estimate of drug-likeness (QED) is 0.846. The number of ether oxygens (including phenoxy) is 1. The lowest BCUT2D eigenvalue weighted by Gasteiger charge is -2.26. The molecule has 21 heavy (non-hydrogen) atoms. The molecule has 0 bridgehead atoms. The van der Waals surface area contributed by atoms with E-state index in [1.807, 2.05) is 36.1 Å². The van der Waals surface area contributed by atoms with E-state index in [-0.39, 0.29) is 18.4 Å². The van der Waals surface area contributed by atoms with Gasteiger partial charge in [0.1, 0.15) is 12.4 Å². The Morgan fingerprint density at radius 3 is 2.76 bits per heavy atom. The zero-order valence-electron chi connectivity index (χ0n) is 12.2. The van der Waals surface area contributed by atoms with Gasteiger partial charge in [-0.2, -0.15) is 0 Å². The molecule has 0 aliphatic carbocycles. The Bertz CT molecular complexity index is 515. The Kier molecular flexibility index (Phi) is 5.20. The lowest BCUT2D eigenvalue weighted by atomic mass is 10.1. The Balaban J connectivity index is 1.94. The number of carbonyl (C=O) groups excluding carboxylic acids is 1. The van der Waals surface area contributed by atoms with E-state index in [2.05, 4.69) is 0 Å². The molecule has 1 aromatic carbocycles. The van der Waals surface area contributed by atoms with Crippen molar-refractivity contribution in [2.45, 2.75) is 45.2 Å². The van der Waals surface area contributed by atoms with Gasteiger partial charge in [-0.15, -0.1) is 0 Å². The van der Waals surface area contributed by atoms with Crippen LogP contribution in [-0.4, -0.2) is 34.5 Å². The summed E-state index contributed by atoms with van der Waals surface area (Å²) in [6.45, 7) is 3.01. The molecule has 2 rings (SSSR count). The van der Waals surface area contributed by atoms with Gasteiger partial charge >= 0.3 is 5.97 Å². The maximum absolute atomic E-state index is 12.3. The number of rotatable bonds is 5. The average molecular weight is 291 g/mol. The van der Waals surface area contributed by atoms with Crippen LogP contribution in [0.15, 0.2) is 24.3 Å². The topological polar surface area (TPSA) is 66.8 Å². The van der Waals surface area contributed by atoms with Crippen LogP contribution in [0.2, 0.25) is 0 Å². The van der Waals surface area contributed by atoms with Crippen molar-refractivity contribution in [2.75, 3.05) is 6.61 Å². The van der Waals surface area contributed by atoms with E-state index in [0.717, 1.165) is 11.3 Å². The van der Waals surface area contributed by atoms with E-state index >= 15 is 0 Å². The lowest BCUT2D eigenvalue weighted by Crippen LogP contribution is -2.39. The highest BCUT2D eigenvalue weighted by Gasteiger charge is 2.24. The Labute approximate surface area is 124 Å². The van der Waals surface area contributed by atoms with Gasteiger partial charge in [0.25, 0.3) is 0 Å². The first kappa shape index (κ1) is 15.4. The number of unbranched alkanes of at least 4 members (excludes halogenated alkanes) is 1. The predicted octanol–water partition coefficient (Wildman–Crippen LogP) is 2.44. The van der Waals surface area contributed by atoms with Crippen LogP contribution in [0.25, 0.3) is 0 Å². The first-order valence-corrected chi connectivity index (χ1v) is 7.30. The molecule has 1 amide bonds. The fourth-order valence-corrected chi connectivity index (χ4v) is 2.45. The summed E-state index contributed by atoms with van der Waals surface area (Å²) in [5.41, 5.74) is 1.01. The molecule has 1 atom stereocenters.